The molecule has 0 aromatic carbocycles. The monoisotopic (exact) mass is 227 g/mol. The van der Waals surface area contributed by atoms with Crippen molar-refractivity contribution in [2.75, 3.05) is 14.2 Å². The Morgan fingerprint density at radius 2 is 2.19 bits per heavy atom. The topological polar surface area (TPSA) is 60.2 Å². The number of methoxy groups -OCH3 is 1. The third-order valence-electron chi connectivity index (χ3n) is 3.09. The van der Waals surface area contributed by atoms with Gasteiger partial charge in [0, 0.05) is 7.11 Å². The minimum atomic E-state index is -0.465. The van der Waals surface area contributed by atoms with Crippen LogP contribution in [-0.4, -0.2) is 24.3 Å². The lowest BCUT2D eigenvalue weighted by atomic mass is 10.0. The maximum Gasteiger partial charge on any atom is 0.243 e. The highest BCUT2D eigenvalue weighted by Gasteiger charge is 2.30. The van der Waals surface area contributed by atoms with Crippen LogP contribution in [0.3, 0.4) is 0 Å². The van der Waals surface area contributed by atoms with Crippen molar-refractivity contribution in [2.45, 2.75) is 45.3 Å². The molecule has 1 aromatic heterocycles. The zero-order chi connectivity index (χ0) is 12.2. The summed E-state index contributed by atoms with van der Waals surface area (Å²) in [6.45, 7) is 6.07. The van der Waals surface area contributed by atoms with Gasteiger partial charge in [-0.2, -0.15) is 4.98 Å². The van der Waals surface area contributed by atoms with Crippen LogP contribution in [-0.2, 0) is 10.3 Å². The van der Waals surface area contributed by atoms with Crippen molar-refractivity contribution >= 4 is 0 Å². The van der Waals surface area contributed by atoms with Crippen molar-refractivity contribution in [2.24, 2.45) is 0 Å². The van der Waals surface area contributed by atoms with E-state index in [2.05, 4.69) is 22.4 Å². The zero-order valence-electron chi connectivity index (χ0n) is 10.7. The van der Waals surface area contributed by atoms with E-state index in [-0.39, 0.29) is 6.04 Å². The first-order valence-corrected chi connectivity index (χ1v) is 5.67. The van der Waals surface area contributed by atoms with Gasteiger partial charge < -0.3 is 14.6 Å². The Balaban J connectivity index is 2.93. The Bertz CT molecular complexity index is 317. The summed E-state index contributed by atoms with van der Waals surface area (Å²) in [6, 6.07) is 0.110. The number of hydrogen-bond donors (Lipinski definition) is 1. The number of rotatable bonds is 6. The van der Waals surface area contributed by atoms with Crippen molar-refractivity contribution in [3.8, 4) is 0 Å². The largest absolute Gasteiger partial charge is 0.370 e. The van der Waals surface area contributed by atoms with Gasteiger partial charge in [0.15, 0.2) is 0 Å². The van der Waals surface area contributed by atoms with Crippen LogP contribution in [0.5, 0.6) is 0 Å². The molecule has 0 aliphatic heterocycles. The predicted molar refractivity (Wildman–Crippen MR) is 61.0 cm³/mol. The molecule has 0 spiro atoms. The molecule has 1 aromatic rings. The second kappa shape index (κ2) is 5.41. The molecule has 1 N–H and O–H groups in total. The van der Waals surface area contributed by atoms with Gasteiger partial charge in [0.2, 0.25) is 11.7 Å². The second-order valence-corrected chi connectivity index (χ2v) is 3.99. The summed E-state index contributed by atoms with van der Waals surface area (Å²) in [7, 11) is 3.54. The van der Waals surface area contributed by atoms with E-state index in [0.717, 1.165) is 12.8 Å². The summed E-state index contributed by atoms with van der Waals surface area (Å²) < 4.78 is 10.7. The first-order valence-electron chi connectivity index (χ1n) is 5.67. The molecule has 0 bridgehead atoms. The molecule has 0 amide bonds. The minimum Gasteiger partial charge on any atom is -0.370 e. The molecular weight excluding hydrogens is 206 g/mol. The molecule has 1 heterocycles. The fourth-order valence-corrected chi connectivity index (χ4v) is 1.49. The molecule has 0 fully saturated rings. The van der Waals surface area contributed by atoms with E-state index in [9.17, 15) is 0 Å². The highest BCUT2D eigenvalue weighted by atomic mass is 16.5. The zero-order valence-corrected chi connectivity index (χ0v) is 10.7. The average Bonchev–Trinajstić information content (AvgIpc) is 2.80. The van der Waals surface area contributed by atoms with Gasteiger partial charge in [-0.25, -0.2) is 0 Å². The molecule has 2 unspecified atom stereocenters. The lowest BCUT2D eigenvalue weighted by molar-refractivity contribution is -0.0106. The molecule has 5 heteroatoms. The van der Waals surface area contributed by atoms with Crippen molar-refractivity contribution in [3.63, 3.8) is 0 Å². The number of nitrogens with zero attached hydrogens (tertiary/aromatic N) is 2. The van der Waals surface area contributed by atoms with Gasteiger partial charge in [0.25, 0.3) is 0 Å². The summed E-state index contributed by atoms with van der Waals surface area (Å²) >= 11 is 0. The molecule has 5 nitrogen and oxygen atoms in total. The van der Waals surface area contributed by atoms with Crippen LogP contribution in [0.15, 0.2) is 4.52 Å². The molecule has 1 rings (SSSR count). The summed E-state index contributed by atoms with van der Waals surface area (Å²) in [4.78, 5) is 4.40. The molecule has 92 valence electrons. The lowest BCUT2D eigenvalue weighted by Crippen LogP contribution is -2.25. The average molecular weight is 227 g/mol. The van der Waals surface area contributed by atoms with Crippen molar-refractivity contribution in [1.29, 1.82) is 0 Å². The van der Waals surface area contributed by atoms with Gasteiger partial charge in [-0.3, -0.25) is 0 Å². The minimum absolute atomic E-state index is 0.110. The molecular formula is C11H21N3O2. The fraction of sp³-hybridized carbons (Fsp3) is 0.818. The van der Waals surface area contributed by atoms with Crippen LogP contribution in [0, 0.1) is 0 Å². The number of ether oxygens (including phenoxy) is 1. The maximum absolute atomic E-state index is 5.43. The molecule has 0 saturated heterocycles. The van der Waals surface area contributed by atoms with Gasteiger partial charge in [-0.15, -0.1) is 0 Å². The first kappa shape index (κ1) is 13.1. The van der Waals surface area contributed by atoms with E-state index in [1.165, 1.54) is 0 Å². The van der Waals surface area contributed by atoms with E-state index >= 15 is 0 Å². The Morgan fingerprint density at radius 3 is 2.62 bits per heavy atom. The van der Waals surface area contributed by atoms with Crippen molar-refractivity contribution in [1.82, 2.24) is 15.5 Å². The van der Waals surface area contributed by atoms with Gasteiger partial charge in [0.1, 0.15) is 5.60 Å². The van der Waals surface area contributed by atoms with Crippen LogP contribution in [0.1, 0.15) is 51.4 Å². The third-order valence-corrected chi connectivity index (χ3v) is 3.09. The number of nitrogens with one attached hydrogen (secondary N) is 1. The van der Waals surface area contributed by atoms with E-state index < -0.39 is 5.60 Å². The van der Waals surface area contributed by atoms with Gasteiger partial charge >= 0.3 is 0 Å². The molecule has 0 saturated carbocycles. The van der Waals surface area contributed by atoms with Gasteiger partial charge in [-0.1, -0.05) is 19.0 Å². The first-order chi connectivity index (χ1) is 7.61. The van der Waals surface area contributed by atoms with Crippen molar-refractivity contribution < 1.29 is 9.26 Å². The van der Waals surface area contributed by atoms with Crippen LogP contribution < -0.4 is 5.32 Å². The lowest BCUT2D eigenvalue weighted by Gasteiger charge is -2.21. The Hall–Kier alpha value is -0.940. The van der Waals surface area contributed by atoms with E-state index in [1.54, 1.807) is 7.11 Å². The Kier molecular flexibility index (Phi) is 4.44. The molecule has 16 heavy (non-hydrogen) atoms. The molecule has 0 aliphatic carbocycles. The molecule has 0 aliphatic rings. The standard InChI is InChI=1S/C11H21N3O2/c1-6-8(12-4)9-13-10(14-16-9)11(3,7-2)15-5/h8,12H,6-7H2,1-5H3. The van der Waals surface area contributed by atoms with Gasteiger partial charge in [-0.05, 0) is 26.8 Å². The molecule has 0 radical (unpaired) electrons. The number of hydrogen-bond acceptors (Lipinski definition) is 5. The van der Waals surface area contributed by atoms with Crippen LogP contribution in [0.2, 0.25) is 0 Å². The van der Waals surface area contributed by atoms with E-state index in [0.29, 0.717) is 11.7 Å². The number of aromatic nitrogens is 2. The Morgan fingerprint density at radius 1 is 1.50 bits per heavy atom. The summed E-state index contributed by atoms with van der Waals surface area (Å²) in [6.07, 6.45) is 1.72. The normalized spacial score (nSPS) is 17.1. The summed E-state index contributed by atoms with van der Waals surface area (Å²) in [5, 5.41) is 7.13. The quantitative estimate of drug-likeness (QED) is 0.805. The smallest absolute Gasteiger partial charge is 0.243 e. The maximum atomic E-state index is 5.43. The van der Waals surface area contributed by atoms with E-state index in [4.69, 9.17) is 9.26 Å². The van der Waals surface area contributed by atoms with Crippen LogP contribution >= 0.6 is 0 Å². The summed E-state index contributed by atoms with van der Waals surface area (Å²) in [5.41, 5.74) is -0.465. The highest BCUT2D eigenvalue weighted by Crippen LogP contribution is 2.26. The van der Waals surface area contributed by atoms with Crippen molar-refractivity contribution in [3.05, 3.63) is 11.7 Å². The second-order valence-electron chi connectivity index (χ2n) is 3.99. The van der Waals surface area contributed by atoms with E-state index in [1.807, 2.05) is 20.9 Å². The van der Waals surface area contributed by atoms with Crippen LogP contribution in [0.4, 0.5) is 0 Å². The Labute approximate surface area is 96.6 Å². The fourth-order valence-electron chi connectivity index (χ4n) is 1.49. The predicted octanol–water partition coefficient (Wildman–Crippen LogP) is 2.01. The SMILES string of the molecule is CCC(NC)c1nc(C(C)(CC)OC)no1. The third kappa shape index (κ3) is 2.41. The van der Waals surface area contributed by atoms with Gasteiger partial charge in [0.05, 0.1) is 6.04 Å². The highest BCUT2D eigenvalue weighted by molar-refractivity contribution is 5.01. The molecule has 2 atom stereocenters. The summed E-state index contributed by atoms with van der Waals surface area (Å²) in [5.74, 6) is 1.23. The van der Waals surface area contributed by atoms with Crippen LogP contribution in [0.25, 0.3) is 0 Å².